The smallest absolute Gasteiger partial charge is 0.0343 e. The lowest BCUT2D eigenvalue weighted by Gasteiger charge is -2.49. The van der Waals surface area contributed by atoms with Crippen LogP contribution in [0.5, 0.6) is 0 Å². The average molecular weight is 345 g/mol. The van der Waals surface area contributed by atoms with Gasteiger partial charge in [0.2, 0.25) is 0 Å². The molecule has 0 aliphatic carbocycles. The molecule has 1 fully saturated rings. The molecule has 1 saturated heterocycles. The Morgan fingerprint density at radius 3 is 2.68 bits per heavy atom. The monoisotopic (exact) mass is 344 g/mol. The van der Waals surface area contributed by atoms with E-state index in [4.69, 9.17) is 0 Å². The molecular formula is C15H25BrN2S. The van der Waals surface area contributed by atoms with E-state index >= 15 is 0 Å². The van der Waals surface area contributed by atoms with Gasteiger partial charge in [0.05, 0.1) is 0 Å². The van der Waals surface area contributed by atoms with Crippen LogP contribution in [0.25, 0.3) is 0 Å². The molecule has 1 unspecified atom stereocenters. The minimum absolute atomic E-state index is 0.200. The van der Waals surface area contributed by atoms with Crippen LogP contribution in [0.2, 0.25) is 0 Å². The Labute approximate surface area is 129 Å². The summed E-state index contributed by atoms with van der Waals surface area (Å²) in [6, 6.07) is 2.73. The second-order valence-electron chi connectivity index (χ2n) is 7.24. The zero-order valence-corrected chi connectivity index (χ0v) is 15.0. The summed E-state index contributed by atoms with van der Waals surface area (Å²) in [4.78, 5) is 4.08. The topological polar surface area (TPSA) is 15.3 Å². The highest BCUT2D eigenvalue weighted by Crippen LogP contribution is 2.32. The summed E-state index contributed by atoms with van der Waals surface area (Å²) >= 11 is 5.51. The SMILES string of the molecule is CC1(C)CN(Cc2sccc2Br)C(C(C)(C)C)CN1. The second kappa shape index (κ2) is 5.47. The van der Waals surface area contributed by atoms with Crippen molar-refractivity contribution in [3.63, 3.8) is 0 Å². The van der Waals surface area contributed by atoms with Crippen LogP contribution in [0.4, 0.5) is 0 Å². The number of thiophene rings is 1. The third-order valence-corrected chi connectivity index (χ3v) is 5.76. The van der Waals surface area contributed by atoms with Gasteiger partial charge in [-0.1, -0.05) is 20.8 Å². The fraction of sp³-hybridized carbons (Fsp3) is 0.733. The van der Waals surface area contributed by atoms with E-state index in [0.717, 1.165) is 19.6 Å². The highest BCUT2D eigenvalue weighted by atomic mass is 79.9. The first kappa shape index (κ1) is 15.5. The fourth-order valence-electron chi connectivity index (χ4n) is 2.82. The number of halogens is 1. The quantitative estimate of drug-likeness (QED) is 0.868. The maximum absolute atomic E-state index is 3.69. The van der Waals surface area contributed by atoms with Gasteiger partial charge in [0.15, 0.2) is 0 Å². The number of rotatable bonds is 2. The zero-order chi connectivity index (χ0) is 14.3. The molecule has 0 amide bonds. The van der Waals surface area contributed by atoms with Crippen molar-refractivity contribution in [1.29, 1.82) is 0 Å². The van der Waals surface area contributed by atoms with E-state index in [1.165, 1.54) is 9.35 Å². The van der Waals surface area contributed by atoms with Crippen molar-refractivity contribution in [2.45, 2.75) is 52.7 Å². The molecule has 1 aliphatic heterocycles. The van der Waals surface area contributed by atoms with Crippen molar-refractivity contribution in [3.05, 3.63) is 20.8 Å². The van der Waals surface area contributed by atoms with Crippen molar-refractivity contribution in [2.75, 3.05) is 13.1 Å². The lowest BCUT2D eigenvalue weighted by Crippen LogP contribution is -2.64. The predicted molar refractivity (Wildman–Crippen MR) is 87.8 cm³/mol. The van der Waals surface area contributed by atoms with Crippen LogP contribution in [-0.2, 0) is 6.54 Å². The van der Waals surface area contributed by atoms with Gasteiger partial charge in [-0.05, 0) is 46.6 Å². The predicted octanol–water partition coefficient (Wildman–Crippen LogP) is 4.11. The fourth-order valence-corrected chi connectivity index (χ4v) is 4.32. The summed E-state index contributed by atoms with van der Waals surface area (Å²) in [7, 11) is 0. The Bertz CT molecular complexity index is 434. The van der Waals surface area contributed by atoms with Crippen LogP contribution in [-0.4, -0.2) is 29.6 Å². The summed E-state index contributed by atoms with van der Waals surface area (Å²) in [6.07, 6.45) is 0. The van der Waals surface area contributed by atoms with Gasteiger partial charge in [-0.3, -0.25) is 4.90 Å². The molecule has 2 heterocycles. The molecule has 1 N–H and O–H groups in total. The lowest BCUT2D eigenvalue weighted by atomic mass is 9.82. The van der Waals surface area contributed by atoms with Crippen molar-refractivity contribution < 1.29 is 0 Å². The minimum atomic E-state index is 0.200. The zero-order valence-electron chi connectivity index (χ0n) is 12.6. The number of nitrogens with zero attached hydrogens (tertiary/aromatic N) is 1. The van der Waals surface area contributed by atoms with E-state index in [1.54, 1.807) is 0 Å². The van der Waals surface area contributed by atoms with E-state index in [1.807, 2.05) is 11.3 Å². The first-order valence-corrected chi connectivity index (χ1v) is 8.57. The standard InChI is InChI=1S/C15H25BrN2S/c1-14(2,3)13-8-17-15(4,5)10-18(13)9-12-11(16)6-7-19-12/h6-7,13,17H,8-10H2,1-5H3. The molecule has 0 radical (unpaired) electrons. The van der Waals surface area contributed by atoms with Crippen LogP contribution in [0.1, 0.15) is 39.5 Å². The van der Waals surface area contributed by atoms with Crippen LogP contribution in [0.3, 0.4) is 0 Å². The van der Waals surface area contributed by atoms with Crippen LogP contribution < -0.4 is 5.32 Å². The summed E-state index contributed by atoms with van der Waals surface area (Å²) in [5.41, 5.74) is 0.499. The molecule has 2 rings (SSSR count). The van der Waals surface area contributed by atoms with Crippen molar-refractivity contribution in [1.82, 2.24) is 10.2 Å². The highest BCUT2D eigenvalue weighted by molar-refractivity contribution is 9.10. The number of hydrogen-bond acceptors (Lipinski definition) is 3. The number of piperazine rings is 1. The second-order valence-corrected chi connectivity index (χ2v) is 9.10. The molecular weight excluding hydrogens is 320 g/mol. The molecule has 19 heavy (non-hydrogen) atoms. The van der Waals surface area contributed by atoms with Crippen LogP contribution in [0, 0.1) is 5.41 Å². The van der Waals surface area contributed by atoms with Crippen molar-refractivity contribution in [2.24, 2.45) is 5.41 Å². The summed E-state index contributed by atoms with van der Waals surface area (Å²) in [6.45, 7) is 14.8. The summed E-state index contributed by atoms with van der Waals surface area (Å²) in [5, 5.41) is 5.85. The molecule has 1 aromatic rings. The van der Waals surface area contributed by atoms with E-state index in [9.17, 15) is 0 Å². The van der Waals surface area contributed by atoms with Crippen molar-refractivity contribution in [3.8, 4) is 0 Å². The molecule has 1 aromatic heterocycles. The third kappa shape index (κ3) is 3.81. The average Bonchev–Trinajstić information content (AvgIpc) is 2.61. The Balaban J connectivity index is 2.18. The highest BCUT2D eigenvalue weighted by Gasteiger charge is 2.38. The van der Waals surface area contributed by atoms with Crippen LogP contribution >= 0.6 is 27.3 Å². The maximum Gasteiger partial charge on any atom is 0.0343 e. The molecule has 4 heteroatoms. The molecule has 1 aliphatic rings. The molecule has 1 atom stereocenters. The normalized spacial score (nSPS) is 24.6. The van der Waals surface area contributed by atoms with Crippen molar-refractivity contribution >= 4 is 27.3 Å². The Hall–Kier alpha value is 0.1000. The number of nitrogens with one attached hydrogen (secondary N) is 1. The van der Waals surface area contributed by atoms with Gasteiger partial charge in [0, 0.05) is 40.6 Å². The minimum Gasteiger partial charge on any atom is -0.309 e. The van der Waals surface area contributed by atoms with Gasteiger partial charge in [-0.25, -0.2) is 0 Å². The first-order valence-electron chi connectivity index (χ1n) is 6.90. The van der Waals surface area contributed by atoms with Gasteiger partial charge >= 0.3 is 0 Å². The molecule has 0 spiro atoms. The molecule has 0 bridgehead atoms. The number of hydrogen-bond donors (Lipinski definition) is 1. The Kier molecular flexibility index (Phi) is 4.46. The molecule has 0 aromatic carbocycles. The summed E-state index contributed by atoms with van der Waals surface area (Å²) < 4.78 is 1.25. The Morgan fingerprint density at radius 1 is 1.47 bits per heavy atom. The van der Waals surface area contributed by atoms with E-state index < -0.39 is 0 Å². The molecule has 0 saturated carbocycles. The largest absolute Gasteiger partial charge is 0.309 e. The molecule has 2 nitrogen and oxygen atoms in total. The van der Waals surface area contributed by atoms with Gasteiger partial charge in [-0.2, -0.15) is 0 Å². The van der Waals surface area contributed by atoms with E-state index in [2.05, 4.69) is 72.2 Å². The maximum atomic E-state index is 3.69. The lowest BCUT2D eigenvalue weighted by molar-refractivity contribution is 0.0278. The van der Waals surface area contributed by atoms with E-state index in [0.29, 0.717) is 11.5 Å². The third-order valence-electron chi connectivity index (χ3n) is 3.85. The van der Waals surface area contributed by atoms with E-state index in [-0.39, 0.29) is 5.54 Å². The summed E-state index contributed by atoms with van der Waals surface area (Å²) in [5.74, 6) is 0. The van der Waals surface area contributed by atoms with Crippen LogP contribution in [0.15, 0.2) is 15.9 Å². The molecule has 108 valence electrons. The van der Waals surface area contributed by atoms with Gasteiger partial charge in [-0.15, -0.1) is 11.3 Å². The van der Waals surface area contributed by atoms with Gasteiger partial charge in [0.25, 0.3) is 0 Å². The Morgan fingerprint density at radius 2 is 2.16 bits per heavy atom. The first-order chi connectivity index (χ1) is 8.69. The van der Waals surface area contributed by atoms with Gasteiger partial charge in [0.1, 0.15) is 0 Å². The van der Waals surface area contributed by atoms with Gasteiger partial charge < -0.3 is 5.32 Å².